The lowest BCUT2D eigenvalue weighted by atomic mass is 9.81. The number of nitriles is 2. The summed E-state index contributed by atoms with van der Waals surface area (Å²) in [5, 5.41) is 24.1. The normalized spacial score (nSPS) is 14.1. The van der Waals surface area contributed by atoms with Gasteiger partial charge in [-0.1, -0.05) is 176 Å². The standard InChI is InChI=1S/C68H55N5/c1-67(2)63-64(68(3,4)73(67)58-32-18-9-19-33-58)66(72(57-42-38-53(39-43-57)49-24-12-6-13-25-49)60-35-21-31-55(45-60)51-28-16-8-17-29-51)62(47-70)61(46-69)65(63)71(56-40-36-52(37-41-56)48-22-10-5-11-23-48)59-34-20-30-54(44-59)50-26-14-7-15-27-50/h5-16,18-28,30-45H,17,29H2,1-4H3. The van der Waals surface area contributed by atoms with Crippen LogP contribution < -0.4 is 14.7 Å². The summed E-state index contributed by atoms with van der Waals surface area (Å²) in [4.78, 5) is 6.97. The van der Waals surface area contributed by atoms with Crippen LogP contribution in [0.25, 0.3) is 39.0 Å². The Morgan fingerprint density at radius 3 is 1.22 bits per heavy atom. The molecule has 0 saturated heterocycles. The molecule has 0 fully saturated rings. The van der Waals surface area contributed by atoms with Crippen molar-refractivity contribution >= 4 is 45.4 Å². The van der Waals surface area contributed by atoms with Crippen LogP contribution in [0.4, 0.5) is 39.8 Å². The zero-order chi connectivity index (χ0) is 50.1. The zero-order valence-electron chi connectivity index (χ0n) is 41.7. The topological polar surface area (TPSA) is 57.3 Å². The highest BCUT2D eigenvalue weighted by atomic mass is 15.3. The Labute approximate surface area is 430 Å². The molecule has 0 atom stereocenters. The summed E-state index contributed by atoms with van der Waals surface area (Å²) in [6, 6.07) is 81.7. The minimum Gasteiger partial charge on any atom is -0.353 e. The van der Waals surface area contributed by atoms with Crippen molar-refractivity contribution in [2.24, 2.45) is 0 Å². The second-order valence-electron chi connectivity index (χ2n) is 19.8. The van der Waals surface area contributed by atoms with Gasteiger partial charge in [0.1, 0.15) is 12.1 Å². The fraction of sp³-hybridized carbons (Fsp3) is 0.118. The van der Waals surface area contributed by atoms with Gasteiger partial charge in [-0.25, -0.2) is 0 Å². The van der Waals surface area contributed by atoms with Crippen molar-refractivity contribution in [2.45, 2.75) is 51.6 Å². The molecule has 1 aliphatic heterocycles. The number of fused-ring (bicyclic) bond motifs is 1. The van der Waals surface area contributed by atoms with Crippen LogP contribution in [0.1, 0.15) is 68.4 Å². The first-order chi connectivity index (χ1) is 35.7. The van der Waals surface area contributed by atoms with Gasteiger partial charge in [0, 0.05) is 39.6 Å². The Kier molecular flexibility index (Phi) is 12.2. The first-order valence-electron chi connectivity index (χ1n) is 25.1. The van der Waals surface area contributed by atoms with E-state index in [1.54, 1.807) is 0 Å². The third-order valence-electron chi connectivity index (χ3n) is 14.6. The van der Waals surface area contributed by atoms with Crippen LogP contribution in [0.3, 0.4) is 0 Å². The van der Waals surface area contributed by atoms with Crippen LogP contribution in [0.2, 0.25) is 0 Å². The second-order valence-corrected chi connectivity index (χ2v) is 19.8. The molecule has 9 aromatic rings. The van der Waals surface area contributed by atoms with E-state index >= 15 is 0 Å². The number of para-hydroxylation sites is 1. The molecule has 352 valence electrons. The van der Waals surface area contributed by atoms with E-state index in [4.69, 9.17) is 0 Å². The summed E-state index contributed by atoms with van der Waals surface area (Å²) >= 11 is 0. The number of allylic oxidation sites excluding steroid dienone is 4. The smallest absolute Gasteiger partial charge is 0.103 e. The maximum Gasteiger partial charge on any atom is 0.103 e. The summed E-state index contributed by atoms with van der Waals surface area (Å²) in [6.45, 7) is 9.09. The van der Waals surface area contributed by atoms with E-state index in [1.807, 2.05) is 18.2 Å². The number of rotatable bonds is 11. The number of benzene rings is 9. The van der Waals surface area contributed by atoms with Crippen molar-refractivity contribution in [3.8, 4) is 45.5 Å². The molecule has 0 unspecified atom stereocenters. The molecule has 0 radical (unpaired) electrons. The van der Waals surface area contributed by atoms with Crippen molar-refractivity contribution in [2.75, 3.05) is 14.7 Å². The van der Waals surface area contributed by atoms with E-state index in [1.165, 1.54) is 5.57 Å². The molecular weight excluding hydrogens is 887 g/mol. The molecule has 0 saturated carbocycles. The molecule has 11 rings (SSSR count). The zero-order valence-corrected chi connectivity index (χ0v) is 41.7. The average Bonchev–Trinajstić information content (AvgIpc) is 3.62. The number of nitrogens with zero attached hydrogens (tertiary/aromatic N) is 5. The van der Waals surface area contributed by atoms with Gasteiger partial charge >= 0.3 is 0 Å². The van der Waals surface area contributed by atoms with Crippen molar-refractivity contribution in [1.29, 1.82) is 10.5 Å². The fourth-order valence-corrected chi connectivity index (χ4v) is 11.5. The van der Waals surface area contributed by atoms with Gasteiger partial charge in [-0.3, -0.25) is 0 Å². The minimum atomic E-state index is -0.757. The summed E-state index contributed by atoms with van der Waals surface area (Å²) in [6.07, 6.45) is 8.46. The Bertz CT molecular complexity index is 3620. The number of hydrogen-bond donors (Lipinski definition) is 0. The highest BCUT2D eigenvalue weighted by Gasteiger charge is 2.55. The fourth-order valence-electron chi connectivity index (χ4n) is 11.5. The number of hydrogen-bond acceptors (Lipinski definition) is 5. The molecule has 2 aliphatic rings. The van der Waals surface area contributed by atoms with E-state index in [0.29, 0.717) is 22.5 Å². The Morgan fingerprint density at radius 2 is 0.795 bits per heavy atom. The molecule has 0 spiro atoms. The van der Waals surface area contributed by atoms with Gasteiger partial charge in [0.25, 0.3) is 0 Å². The van der Waals surface area contributed by atoms with Gasteiger partial charge in [0.2, 0.25) is 0 Å². The summed E-state index contributed by atoms with van der Waals surface area (Å²) < 4.78 is 0. The predicted octanol–water partition coefficient (Wildman–Crippen LogP) is 18.1. The summed E-state index contributed by atoms with van der Waals surface area (Å²) in [5.41, 5.74) is 15.8. The maximum absolute atomic E-state index is 12.1. The monoisotopic (exact) mass is 941 g/mol. The van der Waals surface area contributed by atoms with Gasteiger partial charge in [-0.05, 0) is 146 Å². The average molecular weight is 942 g/mol. The highest BCUT2D eigenvalue weighted by molar-refractivity contribution is 5.97. The van der Waals surface area contributed by atoms with E-state index in [0.717, 1.165) is 91.3 Å². The molecule has 73 heavy (non-hydrogen) atoms. The van der Waals surface area contributed by atoms with E-state index in [9.17, 15) is 10.5 Å². The van der Waals surface area contributed by atoms with Gasteiger partial charge in [0.15, 0.2) is 0 Å². The van der Waals surface area contributed by atoms with Crippen LogP contribution in [0.15, 0.2) is 237 Å². The van der Waals surface area contributed by atoms with Crippen LogP contribution in [0, 0.1) is 22.7 Å². The predicted molar refractivity (Wildman–Crippen MR) is 303 cm³/mol. The number of anilines is 7. The summed E-state index contributed by atoms with van der Waals surface area (Å²) in [5.74, 6) is 0. The molecule has 5 heteroatoms. The van der Waals surface area contributed by atoms with Gasteiger partial charge in [-0.2, -0.15) is 10.5 Å². The van der Waals surface area contributed by atoms with Crippen LogP contribution >= 0.6 is 0 Å². The van der Waals surface area contributed by atoms with Gasteiger partial charge in [0.05, 0.1) is 33.6 Å². The second kappa shape index (κ2) is 19.2. The van der Waals surface area contributed by atoms with Crippen molar-refractivity contribution in [3.63, 3.8) is 0 Å². The molecule has 0 bridgehead atoms. The van der Waals surface area contributed by atoms with Gasteiger partial charge < -0.3 is 14.7 Å². The minimum absolute atomic E-state index is 0.300. The maximum atomic E-state index is 12.1. The van der Waals surface area contributed by atoms with Crippen LogP contribution in [0.5, 0.6) is 0 Å². The van der Waals surface area contributed by atoms with Crippen molar-refractivity contribution < 1.29 is 0 Å². The third kappa shape index (κ3) is 8.36. The summed E-state index contributed by atoms with van der Waals surface area (Å²) in [7, 11) is 0. The highest BCUT2D eigenvalue weighted by Crippen LogP contribution is 2.62. The lowest BCUT2D eigenvalue weighted by Gasteiger charge is -2.44. The van der Waals surface area contributed by atoms with E-state index < -0.39 is 11.1 Å². The van der Waals surface area contributed by atoms with Crippen molar-refractivity contribution in [3.05, 3.63) is 264 Å². The van der Waals surface area contributed by atoms with E-state index in [2.05, 4.69) is 273 Å². The Morgan fingerprint density at radius 1 is 0.411 bits per heavy atom. The van der Waals surface area contributed by atoms with Crippen LogP contribution in [-0.2, 0) is 11.1 Å². The lowest BCUT2D eigenvalue weighted by Crippen LogP contribution is -2.46. The van der Waals surface area contributed by atoms with Crippen LogP contribution in [-0.4, -0.2) is 0 Å². The molecule has 1 heterocycles. The quantitative estimate of drug-likeness (QED) is 0.129. The third-order valence-corrected chi connectivity index (χ3v) is 14.6. The first-order valence-corrected chi connectivity index (χ1v) is 25.1. The lowest BCUT2D eigenvalue weighted by molar-refractivity contribution is 0.403. The molecule has 0 aromatic heterocycles. The molecule has 0 N–H and O–H groups in total. The molecule has 5 nitrogen and oxygen atoms in total. The largest absolute Gasteiger partial charge is 0.353 e. The van der Waals surface area contributed by atoms with Gasteiger partial charge in [-0.15, -0.1) is 0 Å². The first kappa shape index (κ1) is 46.2. The molecular formula is C68H55N5. The Balaban J connectivity index is 1.25. The van der Waals surface area contributed by atoms with E-state index in [-0.39, 0.29) is 0 Å². The Hall–Kier alpha value is -9.16. The SMILES string of the molecule is CC1(C)c2c(N(c3ccc(-c4ccccc4)cc3)c3cccc(C4=CC=CCC4)c3)c(C#N)c(C#N)c(N(c3ccc(-c4ccccc4)cc3)c3cccc(-c4ccccc4)c3)c2C(C)(C)N1c1ccccc1. The molecule has 0 amide bonds. The molecule has 1 aliphatic carbocycles. The molecule has 9 aromatic carbocycles. The van der Waals surface area contributed by atoms with Crippen molar-refractivity contribution in [1.82, 2.24) is 0 Å².